The smallest absolute Gasteiger partial charge is 0.405 e. The summed E-state index contributed by atoms with van der Waals surface area (Å²) < 4.78 is 5.82. The number of rotatable bonds is 3. The number of aryl methyl sites for hydroxylation is 1. The number of amides is 1. The van der Waals surface area contributed by atoms with Crippen LogP contribution in [0.4, 0.5) is 4.79 Å². The Morgan fingerprint density at radius 3 is 2.73 bits per heavy atom. The van der Waals surface area contributed by atoms with Gasteiger partial charge in [0.15, 0.2) is 5.58 Å². The van der Waals surface area contributed by atoms with Crippen molar-refractivity contribution in [2.24, 2.45) is 0 Å². The Morgan fingerprint density at radius 2 is 1.91 bits per heavy atom. The van der Waals surface area contributed by atoms with Crippen LogP contribution >= 0.6 is 0 Å². The summed E-state index contributed by atoms with van der Waals surface area (Å²) in [6.45, 7) is 2.27. The molecule has 6 nitrogen and oxygen atoms in total. The molecule has 2 aromatic carbocycles. The fraction of sp³-hybridized carbons (Fsp3) is 0.125. The third-order valence-electron chi connectivity index (χ3n) is 3.31. The molecule has 1 heterocycles. The van der Waals surface area contributed by atoms with Crippen LogP contribution in [-0.2, 0) is 6.54 Å². The van der Waals surface area contributed by atoms with Crippen molar-refractivity contribution in [2.75, 3.05) is 0 Å². The fourth-order valence-corrected chi connectivity index (χ4v) is 2.12. The zero-order valence-corrected chi connectivity index (χ0v) is 11.9. The van der Waals surface area contributed by atoms with Crippen LogP contribution in [0, 0.1) is 6.92 Å². The summed E-state index contributed by atoms with van der Waals surface area (Å²) in [6, 6.07) is 14.4. The summed E-state index contributed by atoms with van der Waals surface area (Å²) in [5.74, 6) is -0.743. The van der Waals surface area contributed by atoms with Crippen LogP contribution in [0.25, 0.3) is 11.1 Å². The Morgan fingerprint density at radius 1 is 1.18 bits per heavy atom. The lowest BCUT2D eigenvalue weighted by Crippen LogP contribution is -2.35. The minimum absolute atomic E-state index is 0.316. The van der Waals surface area contributed by atoms with E-state index in [0.29, 0.717) is 17.6 Å². The van der Waals surface area contributed by atoms with Gasteiger partial charge in [0, 0.05) is 6.54 Å². The number of aromatic nitrogens is 1. The Labute approximate surface area is 125 Å². The van der Waals surface area contributed by atoms with Gasteiger partial charge in [-0.3, -0.25) is 0 Å². The average molecular weight is 298 g/mol. The highest BCUT2D eigenvalue weighted by atomic mass is 16.7. The van der Waals surface area contributed by atoms with Gasteiger partial charge < -0.3 is 14.6 Å². The van der Waals surface area contributed by atoms with E-state index in [4.69, 9.17) is 9.25 Å². The summed E-state index contributed by atoms with van der Waals surface area (Å²) >= 11 is 0. The average Bonchev–Trinajstić information content (AvgIpc) is 2.83. The van der Waals surface area contributed by atoms with E-state index in [1.54, 1.807) is 24.3 Å². The van der Waals surface area contributed by atoms with Gasteiger partial charge in [-0.1, -0.05) is 41.1 Å². The molecule has 0 fully saturated rings. The summed E-state index contributed by atoms with van der Waals surface area (Å²) in [4.78, 5) is 28.6. The molecular weight excluding hydrogens is 284 g/mol. The maximum absolute atomic E-state index is 11.9. The van der Waals surface area contributed by atoms with Crippen molar-refractivity contribution in [1.29, 1.82) is 0 Å². The van der Waals surface area contributed by atoms with Crippen LogP contribution in [0.5, 0.6) is 0 Å². The second-order valence-corrected chi connectivity index (χ2v) is 4.79. The van der Waals surface area contributed by atoms with E-state index in [0.717, 1.165) is 15.9 Å². The Kier molecular flexibility index (Phi) is 3.65. The number of carbonyl (C=O) groups excluding carboxylic acids is 1. The molecule has 0 unspecified atom stereocenters. The normalized spacial score (nSPS) is 10.6. The molecule has 6 heteroatoms. The van der Waals surface area contributed by atoms with Gasteiger partial charge in [-0.05, 0) is 30.2 Å². The lowest BCUT2D eigenvalue weighted by atomic mass is 10.1. The molecule has 1 aromatic heterocycles. The molecule has 0 aliphatic carbocycles. The van der Waals surface area contributed by atoms with Crippen molar-refractivity contribution in [3.63, 3.8) is 0 Å². The molecular formula is C16H14N2O4. The molecule has 3 aromatic rings. The molecule has 0 aliphatic rings. The second-order valence-electron chi connectivity index (χ2n) is 4.79. The van der Waals surface area contributed by atoms with E-state index in [2.05, 4.69) is 5.32 Å². The maximum atomic E-state index is 11.9. The molecule has 0 atom stereocenters. The standard InChI is InChI=1S/C16H14N2O4/c1-11-6-2-3-7-12(11)10-17-15(19)22-18-13-8-4-5-9-14(13)21-16(18)20/h2-9H,10H2,1H3,(H,17,19). The van der Waals surface area contributed by atoms with E-state index >= 15 is 0 Å². The minimum Gasteiger partial charge on any atom is -0.405 e. The first-order chi connectivity index (χ1) is 10.6. The molecule has 0 spiro atoms. The molecule has 0 saturated heterocycles. The van der Waals surface area contributed by atoms with E-state index in [9.17, 15) is 9.59 Å². The van der Waals surface area contributed by atoms with Gasteiger partial charge in [0.05, 0.1) is 0 Å². The van der Waals surface area contributed by atoms with Gasteiger partial charge in [0.25, 0.3) is 0 Å². The molecule has 0 radical (unpaired) electrons. The summed E-state index contributed by atoms with van der Waals surface area (Å²) in [5, 5.41) is 2.61. The van der Waals surface area contributed by atoms with Gasteiger partial charge in [-0.25, -0.2) is 9.59 Å². The van der Waals surface area contributed by atoms with Crippen LogP contribution in [-0.4, -0.2) is 10.8 Å². The summed E-state index contributed by atoms with van der Waals surface area (Å²) in [5.41, 5.74) is 2.80. The molecule has 0 aliphatic heterocycles. The van der Waals surface area contributed by atoms with Crippen molar-refractivity contribution in [3.05, 3.63) is 70.2 Å². The van der Waals surface area contributed by atoms with E-state index in [1.807, 2.05) is 31.2 Å². The number of fused-ring (bicyclic) bond motifs is 1. The van der Waals surface area contributed by atoms with E-state index < -0.39 is 11.8 Å². The summed E-state index contributed by atoms with van der Waals surface area (Å²) in [7, 11) is 0. The molecule has 0 saturated carbocycles. The third-order valence-corrected chi connectivity index (χ3v) is 3.31. The van der Waals surface area contributed by atoms with Crippen molar-refractivity contribution >= 4 is 17.2 Å². The topological polar surface area (TPSA) is 73.5 Å². The Balaban J connectivity index is 1.73. The van der Waals surface area contributed by atoms with Crippen molar-refractivity contribution in [2.45, 2.75) is 13.5 Å². The molecule has 112 valence electrons. The Hall–Kier alpha value is -3.02. The van der Waals surface area contributed by atoms with Crippen LogP contribution in [0.2, 0.25) is 0 Å². The van der Waals surface area contributed by atoms with Crippen LogP contribution in [0.15, 0.2) is 57.7 Å². The lowest BCUT2D eigenvalue weighted by molar-refractivity contribution is 0.127. The van der Waals surface area contributed by atoms with Crippen LogP contribution < -0.4 is 15.9 Å². The number of hydrogen-bond donors (Lipinski definition) is 1. The molecule has 3 rings (SSSR count). The highest BCUT2D eigenvalue weighted by Crippen LogP contribution is 2.10. The predicted octanol–water partition coefficient (Wildman–Crippen LogP) is 2.24. The zero-order chi connectivity index (χ0) is 15.5. The zero-order valence-electron chi connectivity index (χ0n) is 11.9. The highest BCUT2D eigenvalue weighted by Gasteiger charge is 2.13. The number of benzene rings is 2. The van der Waals surface area contributed by atoms with Gasteiger partial charge in [-0.2, -0.15) is 0 Å². The number of carbonyl (C=O) groups is 1. The third kappa shape index (κ3) is 2.71. The number of nitrogens with zero attached hydrogens (tertiary/aromatic N) is 1. The number of oxazole rings is 1. The maximum Gasteiger partial charge on any atom is 0.453 e. The largest absolute Gasteiger partial charge is 0.453 e. The monoisotopic (exact) mass is 298 g/mol. The van der Waals surface area contributed by atoms with Gasteiger partial charge in [0.2, 0.25) is 0 Å². The fourth-order valence-electron chi connectivity index (χ4n) is 2.12. The lowest BCUT2D eigenvalue weighted by Gasteiger charge is -2.08. The van der Waals surface area contributed by atoms with Gasteiger partial charge in [-0.15, -0.1) is 0 Å². The minimum atomic E-state index is -0.743. The number of nitrogens with one attached hydrogen (secondary N) is 1. The number of para-hydroxylation sites is 2. The van der Waals surface area contributed by atoms with E-state index in [-0.39, 0.29) is 0 Å². The molecule has 0 bridgehead atoms. The second kappa shape index (κ2) is 5.77. The summed E-state index contributed by atoms with van der Waals surface area (Å²) in [6.07, 6.45) is -0.725. The van der Waals surface area contributed by atoms with Gasteiger partial charge in [0.1, 0.15) is 5.52 Å². The van der Waals surface area contributed by atoms with Gasteiger partial charge >= 0.3 is 11.8 Å². The molecule has 22 heavy (non-hydrogen) atoms. The van der Waals surface area contributed by atoms with Crippen molar-refractivity contribution < 1.29 is 14.0 Å². The highest BCUT2D eigenvalue weighted by molar-refractivity contribution is 5.74. The Bertz CT molecular complexity index is 879. The molecule has 1 N–H and O–H groups in total. The number of hydrogen-bond acceptors (Lipinski definition) is 4. The van der Waals surface area contributed by atoms with E-state index in [1.165, 1.54) is 0 Å². The molecule has 1 amide bonds. The SMILES string of the molecule is Cc1ccccc1CNC(=O)On1c(=O)oc2ccccc21. The van der Waals surface area contributed by atoms with Crippen molar-refractivity contribution in [3.8, 4) is 0 Å². The van der Waals surface area contributed by atoms with Crippen LogP contribution in [0.1, 0.15) is 11.1 Å². The van der Waals surface area contributed by atoms with Crippen molar-refractivity contribution in [1.82, 2.24) is 10.0 Å². The predicted molar refractivity (Wildman–Crippen MR) is 80.5 cm³/mol. The first-order valence-corrected chi connectivity index (χ1v) is 6.76. The quantitative estimate of drug-likeness (QED) is 0.805. The first kappa shape index (κ1) is 13.9. The first-order valence-electron chi connectivity index (χ1n) is 6.76. The van der Waals surface area contributed by atoms with Crippen LogP contribution in [0.3, 0.4) is 0 Å².